The number of ether oxygens (including phenoxy) is 3. The minimum atomic E-state index is 0.567. The van der Waals surface area contributed by atoms with E-state index in [-0.39, 0.29) is 0 Å². The van der Waals surface area contributed by atoms with Crippen LogP contribution in [0.5, 0.6) is 17.2 Å². The number of likely N-dealkylation sites (N-methyl/N-ethyl adjacent to an activating group) is 1. The van der Waals surface area contributed by atoms with Crippen molar-refractivity contribution in [2.24, 2.45) is 0 Å². The van der Waals surface area contributed by atoms with Gasteiger partial charge in [-0.2, -0.15) is 0 Å². The quantitative estimate of drug-likeness (QED) is 0.852. The third-order valence-corrected chi connectivity index (χ3v) is 4.78. The van der Waals surface area contributed by atoms with Crippen LogP contribution in [0.4, 0.5) is 0 Å². The van der Waals surface area contributed by atoms with Crippen molar-refractivity contribution in [3.63, 3.8) is 0 Å². The largest absolute Gasteiger partial charge is 0.493 e. The highest BCUT2D eigenvalue weighted by atomic mass is 16.5. The molecule has 0 N–H and O–H groups in total. The van der Waals surface area contributed by atoms with Gasteiger partial charge in [-0.25, -0.2) is 0 Å². The molecule has 0 aliphatic carbocycles. The van der Waals surface area contributed by atoms with E-state index in [2.05, 4.69) is 30.2 Å². The summed E-state index contributed by atoms with van der Waals surface area (Å²) < 4.78 is 16.3. The molecular formula is C17H23NO3. The van der Waals surface area contributed by atoms with E-state index in [1.54, 1.807) is 21.3 Å². The molecule has 2 heterocycles. The Morgan fingerprint density at radius 1 is 1.00 bits per heavy atom. The molecule has 2 bridgehead atoms. The number of hydrogen-bond acceptors (Lipinski definition) is 4. The van der Waals surface area contributed by atoms with Gasteiger partial charge in [-0.05, 0) is 49.6 Å². The van der Waals surface area contributed by atoms with E-state index in [9.17, 15) is 0 Å². The molecule has 0 radical (unpaired) electrons. The van der Waals surface area contributed by atoms with Crippen LogP contribution < -0.4 is 14.2 Å². The number of rotatable bonds is 4. The van der Waals surface area contributed by atoms with E-state index in [4.69, 9.17) is 14.2 Å². The van der Waals surface area contributed by atoms with E-state index < -0.39 is 0 Å². The van der Waals surface area contributed by atoms with Gasteiger partial charge in [-0.3, -0.25) is 4.90 Å². The molecule has 21 heavy (non-hydrogen) atoms. The highest BCUT2D eigenvalue weighted by Gasteiger charge is 2.34. The predicted molar refractivity (Wildman–Crippen MR) is 83.3 cm³/mol. The van der Waals surface area contributed by atoms with Crippen LogP contribution in [-0.2, 0) is 0 Å². The van der Waals surface area contributed by atoms with Gasteiger partial charge >= 0.3 is 0 Å². The molecule has 2 unspecified atom stereocenters. The first kappa shape index (κ1) is 14.3. The Balaban J connectivity index is 2.01. The van der Waals surface area contributed by atoms with Gasteiger partial charge in [0.05, 0.1) is 21.3 Å². The lowest BCUT2D eigenvalue weighted by atomic mass is 9.94. The molecule has 2 aliphatic heterocycles. The molecule has 0 aromatic heterocycles. The molecule has 4 heteroatoms. The molecule has 2 atom stereocenters. The highest BCUT2D eigenvalue weighted by Crippen LogP contribution is 2.43. The summed E-state index contributed by atoms with van der Waals surface area (Å²) in [6, 6.07) is 5.34. The first-order chi connectivity index (χ1) is 10.2. The summed E-state index contributed by atoms with van der Waals surface area (Å²) in [5.41, 5.74) is 2.56. The highest BCUT2D eigenvalue weighted by molar-refractivity contribution is 5.72. The summed E-state index contributed by atoms with van der Waals surface area (Å²) in [5.74, 6) is 2.10. The smallest absolute Gasteiger partial charge is 0.203 e. The number of methoxy groups -OCH3 is 3. The Morgan fingerprint density at radius 2 is 1.67 bits per heavy atom. The molecule has 1 aromatic carbocycles. The van der Waals surface area contributed by atoms with E-state index in [1.807, 2.05) is 0 Å². The van der Waals surface area contributed by atoms with E-state index in [0.717, 1.165) is 17.9 Å². The lowest BCUT2D eigenvalue weighted by molar-refractivity contribution is 0.264. The van der Waals surface area contributed by atoms with Crippen LogP contribution in [0.2, 0.25) is 0 Å². The van der Waals surface area contributed by atoms with Crippen LogP contribution in [0.15, 0.2) is 18.2 Å². The molecule has 2 aliphatic rings. The average molecular weight is 289 g/mol. The van der Waals surface area contributed by atoms with Gasteiger partial charge in [-0.1, -0.05) is 6.08 Å². The summed E-state index contributed by atoms with van der Waals surface area (Å²) in [7, 11) is 7.18. The normalized spacial score (nSPS) is 24.7. The van der Waals surface area contributed by atoms with Crippen molar-refractivity contribution in [3.05, 3.63) is 23.8 Å². The molecule has 1 aromatic rings. The van der Waals surface area contributed by atoms with Gasteiger partial charge in [0, 0.05) is 12.1 Å². The van der Waals surface area contributed by atoms with Crippen LogP contribution in [0, 0.1) is 0 Å². The Labute approximate surface area is 126 Å². The molecule has 1 fully saturated rings. The molecule has 114 valence electrons. The van der Waals surface area contributed by atoms with E-state index >= 15 is 0 Å². The van der Waals surface area contributed by atoms with Gasteiger partial charge in [0.2, 0.25) is 5.75 Å². The number of nitrogens with zero attached hydrogens (tertiary/aromatic N) is 1. The maximum atomic E-state index is 5.46. The molecule has 0 spiro atoms. The molecule has 0 amide bonds. The maximum Gasteiger partial charge on any atom is 0.203 e. The van der Waals surface area contributed by atoms with Gasteiger partial charge in [-0.15, -0.1) is 0 Å². The van der Waals surface area contributed by atoms with Crippen molar-refractivity contribution in [1.29, 1.82) is 0 Å². The fourth-order valence-electron chi connectivity index (χ4n) is 3.52. The second kappa shape index (κ2) is 5.60. The standard InChI is InChI=1S/C17H23NO3/c1-18-13-5-6-14(18)8-11(7-13)12-9-15(19-2)17(21-4)16(10-12)20-3/h7,9-10,13-14H,5-6,8H2,1-4H3. The Bertz CT molecular complexity index is 542. The van der Waals surface area contributed by atoms with Crippen molar-refractivity contribution in [1.82, 2.24) is 4.90 Å². The summed E-state index contributed by atoms with van der Waals surface area (Å²) in [4.78, 5) is 2.49. The fraction of sp³-hybridized carbons (Fsp3) is 0.529. The van der Waals surface area contributed by atoms with Gasteiger partial charge in [0.15, 0.2) is 11.5 Å². The maximum absolute atomic E-state index is 5.46. The zero-order valence-corrected chi connectivity index (χ0v) is 13.2. The van der Waals surface area contributed by atoms with Gasteiger partial charge in [0.1, 0.15) is 0 Å². The van der Waals surface area contributed by atoms with Crippen LogP contribution in [-0.4, -0.2) is 45.4 Å². The van der Waals surface area contributed by atoms with Gasteiger partial charge < -0.3 is 14.2 Å². The van der Waals surface area contributed by atoms with Crippen LogP contribution in [0.1, 0.15) is 24.8 Å². The molecular weight excluding hydrogens is 266 g/mol. The van der Waals surface area contributed by atoms with E-state index in [0.29, 0.717) is 17.8 Å². The second-order valence-electron chi connectivity index (χ2n) is 5.77. The Hall–Kier alpha value is -1.68. The zero-order valence-electron chi connectivity index (χ0n) is 13.2. The first-order valence-corrected chi connectivity index (χ1v) is 7.41. The number of fused-ring (bicyclic) bond motifs is 2. The lowest BCUT2D eigenvalue weighted by Crippen LogP contribution is -2.34. The first-order valence-electron chi connectivity index (χ1n) is 7.41. The van der Waals surface area contributed by atoms with E-state index in [1.165, 1.54) is 24.0 Å². The molecule has 1 saturated heterocycles. The minimum absolute atomic E-state index is 0.567. The molecule has 4 nitrogen and oxygen atoms in total. The molecule has 0 saturated carbocycles. The summed E-state index contributed by atoms with van der Waals surface area (Å²) in [5, 5.41) is 0. The second-order valence-corrected chi connectivity index (χ2v) is 5.77. The van der Waals surface area contributed by atoms with Crippen molar-refractivity contribution < 1.29 is 14.2 Å². The van der Waals surface area contributed by atoms with Crippen molar-refractivity contribution in [2.75, 3.05) is 28.4 Å². The third kappa shape index (κ3) is 2.38. The SMILES string of the molecule is COc1cc(C2=CC3CCC(C2)N3C)cc(OC)c1OC. The number of benzene rings is 1. The topological polar surface area (TPSA) is 30.9 Å². The van der Waals surface area contributed by atoms with Crippen molar-refractivity contribution >= 4 is 5.57 Å². The predicted octanol–water partition coefficient (Wildman–Crippen LogP) is 2.96. The summed E-state index contributed by atoms with van der Waals surface area (Å²) >= 11 is 0. The van der Waals surface area contributed by atoms with Gasteiger partial charge in [0.25, 0.3) is 0 Å². The lowest BCUT2D eigenvalue weighted by Gasteiger charge is -2.30. The van der Waals surface area contributed by atoms with Crippen LogP contribution in [0.3, 0.4) is 0 Å². The summed E-state index contributed by atoms with van der Waals surface area (Å²) in [6.45, 7) is 0. The number of hydrogen-bond donors (Lipinski definition) is 0. The van der Waals surface area contributed by atoms with Crippen molar-refractivity contribution in [3.8, 4) is 17.2 Å². The zero-order chi connectivity index (χ0) is 15.0. The average Bonchev–Trinajstić information content (AvgIpc) is 2.74. The van der Waals surface area contributed by atoms with Crippen LogP contribution in [0.25, 0.3) is 5.57 Å². The summed E-state index contributed by atoms with van der Waals surface area (Å²) in [6.07, 6.45) is 6.02. The minimum Gasteiger partial charge on any atom is -0.493 e. The van der Waals surface area contributed by atoms with Crippen molar-refractivity contribution in [2.45, 2.75) is 31.3 Å². The van der Waals surface area contributed by atoms with Crippen LogP contribution >= 0.6 is 0 Å². The third-order valence-electron chi connectivity index (χ3n) is 4.78. The monoisotopic (exact) mass is 289 g/mol. The Morgan fingerprint density at radius 3 is 2.19 bits per heavy atom. The Kier molecular flexibility index (Phi) is 3.81. The molecule has 3 rings (SSSR count). The fourth-order valence-corrected chi connectivity index (χ4v) is 3.52.